The first-order valence-corrected chi connectivity index (χ1v) is 30.3. The number of unbranched alkanes of at least 4 members (excludes halogenated alkanes) is 34. The minimum absolute atomic E-state index is 0.0195. The van der Waals surface area contributed by atoms with Crippen molar-refractivity contribution in [3.8, 4) is 0 Å². The summed E-state index contributed by atoms with van der Waals surface area (Å²) in [5.41, 5.74) is 0. The van der Waals surface area contributed by atoms with Gasteiger partial charge in [0.15, 0.2) is 6.29 Å². The SMILES string of the molecule is CCCCCC/C=C\C/C=C\CCCCCCCC(=O)OCCCCCCCCCCCCCCCCCCCCCC(=O)NC(COC1OC(CO)C(O)C(O)C1O)C(O)/C=C/CCCCCCCCC. The molecule has 11 nitrogen and oxygen atoms in total. The van der Waals surface area contributed by atoms with E-state index in [1.807, 2.05) is 6.08 Å². The summed E-state index contributed by atoms with van der Waals surface area (Å²) in [4.78, 5) is 25.1. The number of rotatable bonds is 52. The van der Waals surface area contributed by atoms with Crippen molar-refractivity contribution in [3.05, 3.63) is 36.5 Å². The van der Waals surface area contributed by atoms with Gasteiger partial charge in [0.1, 0.15) is 24.4 Å². The summed E-state index contributed by atoms with van der Waals surface area (Å²) in [6, 6.07) is -0.811. The number of aliphatic hydroxyl groups excluding tert-OH is 5. The number of hydrogen-bond acceptors (Lipinski definition) is 10. The maximum absolute atomic E-state index is 13.0. The van der Waals surface area contributed by atoms with Crippen LogP contribution >= 0.6 is 0 Å². The van der Waals surface area contributed by atoms with Gasteiger partial charge in [-0.1, -0.05) is 237 Å². The average Bonchev–Trinajstić information content (AvgIpc) is 3.38. The van der Waals surface area contributed by atoms with E-state index in [0.717, 1.165) is 77.0 Å². The zero-order valence-corrected chi connectivity index (χ0v) is 46.4. The zero-order valence-electron chi connectivity index (χ0n) is 46.4. The van der Waals surface area contributed by atoms with Gasteiger partial charge in [-0.05, 0) is 64.2 Å². The van der Waals surface area contributed by atoms with E-state index in [1.165, 1.54) is 173 Å². The van der Waals surface area contributed by atoms with Gasteiger partial charge < -0.3 is 45.1 Å². The van der Waals surface area contributed by atoms with Crippen LogP contribution in [0.15, 0.2) is 36.5 Å². The molecule has 422 valence electrons. The lowest BCUT2D eigenvalue weighted by molar-refractivity contribution is -0.302. The van der Waals surface area contributed by atoms with Crippen molar-refractivity contribution >= 4 is 11.9 Å². The minimum atomic E-state index is -1.57. The number of hydrogen-bond donors (Lipinski definition) is 6. The Hall–Kier alpha value is -2.12. The fraction of sp³-hybridized carbons (Fsp3) is 0.869. The van der Waals surface area contributed by atoms with Crippen LogP contribution in [0, 0.1) is 0 Å². The third kappa shape index (κ3) is 40.2. The van der Waals surface area contributed by atoms with Crippen LogP contribution in [0.4, 0.5) is 0 Å². The molecule has 0 aromatic heterocycles. The molecule has 1 heterocycles. The van der Waals surface area contributed by atoms with Crippen molar-refractivity contribution in [1.82, 2.24) is 5.32 Å². The van der Waals surface area contributed by atoms with E-state index in [1.54, 1.807) is 6.08 Å². The smallest absolute Gasteiger partial charge is 0.305 e. The lowest BCUT2D eigenvalue weighted by Crippen LogP contribution is -2.60. The second kappa shape index (κ2) is 51.0. The highest BCUT2D eigenvalue weighted by Crippen LogP contribution is 2.23. The summed E-state index contributed by atoms with van der Waals surface area (Å²) < 4.78 is 16.7. The molecule has 6 N–H and O–H groups in total. The van der Waals surface area contributed by atoms with Crippen molar-refractivity contribution in [3.63, 3.8) is 0 Å². The number of aliphatic hydroxyl groups is 5. The van der Waals surface area contributed by atoms with Gasteiger partial charge >= 0.3 is 5.97 Å². The van der Waals surface area contributed by atoms with Crippen LogP contribution in [0.3, 0.4) is 0 Å². The molecule has 0 spiro atoms. The largest absolute Gasteiger partial charge is 0.466 e. The summed E-state index contributed by atoms with van der Waals surface area (Å²) in [7, 11) is 0. The molecule has 1 aliphatic heterocycles. The molecule has 1 rings (SSSR count). The number of ether oxygens (including phenoxy) is 3. The number of carbonyl (C=O) groups is 2. The summed E-state index contributed by atoms with van der Waals surface area (Å²) in [6.07, 6.45) is 52.5. The van der Waals surface area contributed by atoms with Crippen LogP contribution in [0.1, 0.15) is 277 Å². The fourth-order valence-electron chi connectivity index (χ4n) is 9.41. The molecule has 7 unspecified atom stereocenters. The predicted molar refractivity (Wildman–Crippen MR) is 297 cm³/mol. The van der Waals surface area contributed by atoms with Gasteiger partial charge in [0, 0.05) is 12.8 Å². The van der Waals surface area contributed by atoms with Crippen LogP contribution in [-0.4, -0.2) is 100 Å². The zero-order chi connectivity index (χ0) is 52.4. The molecular weight excluding hydrogens is 907 g/mol. The second-order valence-electron chi connectivity index (χ2n) is 21.1. The molecule has 1 fully saturated rings. The Morgan fingerprint density at radius 2 is 0.931 bits per heavy atom. The van der Waals surface area contributed by atoms with Crippen LogP contribution in [0.25, 0.3) is 0 Å². The van der Waals surface area contributed by atoms with Gasteiger partial charge in [0.05, 0.1) is 32.0 Å². The van der Waals surface area contributed by atoms with Crippen molar-refractivity contribution in [2.24, 2.45) is 0 Å². The summed E-state index contributed by atoms with van der Waals surface area (Å²) in [5.74, 6) is -0.207. The van der Waals surface area contributed by atoms with E-state index in [0.29, 0.717) is 19.4 Å². The van der Waals surface area contributed by atoms with E-state index >= 15 is 0 Å². The first kappa shape index (κ1) is 67.9. The van der Waals surface area contributed by atoms with Crippen LogP contribution in [0.5, 0.6) is 0 Å². The maximum atomic E-state index is 13.0. The monoisotopic (exact) mass is 1020 g/mol. The standard InChI is InChI=1S/C61H113NO10/c1-3-5-7-9-11-13-14-15-16-23-26-29-33-37-41-45-49-57(66)70-50-46-42-38-34-30-27-24-21-19-17-18-20-22-25-28-32-36-40-44-48-56(65)62-53(54(64)47-43-39-35-31-12-10-8-6-4-2)52-71-61-60(69)59(68)58(67)55(51-63)72-61/h13-14,16,23,43,47,53-55,58-61,63-64,67-69H,3-12,15,17-22,24-42,44-46,48-52H2,1-2H3,(H,62,65)/b14-13-,23-16-,47-43+. The highest BCUT2D eigenvalue weighted by Gasteiger charge is 2.44. The van der Waals surface area contributed by atoms with Crippen molar-refractivity contribution in [2.45, 2.75) is 320 Å². The van der Waals surface area contributed by atoms with E-state index in [-0.39, 0.29) is 18.5 Å². The summed E-state index contributed by atoms with van der Waals surface area (Å²) in [5, 5.41) is 54.2. The first-order chi connectivity index (χ1) is 35.2. The Balaban J connectivity index is 2.00. The molecule has 0 bridgehead atoms. The predicted octanol–water partition coefficient (Wildman–Crippen LogP) is 13.9. The van der Waals surface area contributed by atoms with Gasteiger partial charge in [0.2, 0.25) is 5.91 Å². The molecule has 0 saturated carbocycles. The molecule has 1 aliphatic rings. The lowest BCUT2D eigenvalue weighted by atomic mass is 9.99. The molecule has 11 heteroatoms. The molecule has 1 saturated heterocycles. The fourth-order valence-corrected chi connectivity index (χ4v) is 9.41. The molecule has 0 aliphatic carbocycles. The molecule has 1 amide bonds. The summed E-state index contributed by atoms with van der Waals surface area (Å²) >= 11 is 0. The normalized spacial score (nSPS) is 19.2. The third-order valence-electron chi connectivity index (χ3n) is 14.2. The summed E-state index contributed by atoms with van der Waals surface area (Å²) in [6.45, 7) is 4.28. The molecule has 0 aromatic carbocycles. The van der Waals surface area contributed by atoms with Gasteiger partial charge in [-0.15, -0.1) is 0 Å². The van der Waals surface area contributed by atoms with Gasteiger partial charge in [-0.2, -0.15) is 0 Å². The van der Waals surface area contributed by atoms with Crippen molar-refractivity contribution < 1.29 is 49.3 Å². The molecule has 0 radical (unpaired) electrons. The Bertz CT molecular complexity index is 1290. The molecular formula is C61H113NO10. The van der Waals surface area contributed by atoms with Crippen LogP contribution < -0.4 is 5.32 Å². The number of esters is 1. The highest BCUT2D eigenvalue weighted by molar-refractivity contribution is 5.76. The van der Waals surface area contributed by atoms with Crippen LogP contribution in [0.2, 0.25) is 0 Å². The molecule has 0 aromatic rings. The highest BCUT2D eigenvalue weighted by atomic mass is 16.7. The quantitative estimate of drug-likeness (QED) is 0.0195. The van der Waals surface area contributed by atoms with Crippen molar-refractivity contribution in [2.75, 3.05) is 19.8 Å². The molecule has 72 heavy (non-hydrogen) atoms. The number of carbonyl (C=O) groups excluding carboxylic acids is 2. The Morgan fingerprint density at radius 3 is 1.42 bits per heavy atom. The maximum Gasteiger partial charge on any atom is 0.305 e. The third-order valence-corrected chi connectivity index (χ3v) is 14.2. The van der Waals surface area contributed by atoms with E-state index in [2.05, 4.69) is 43.5 Å². The minimum Gasteiger partial charge on any atom is -0.466 e. The van der Waals surface area contributed by atoms with Gasteiger partial charge in [-0.3, -0.25) is 9.59 Å². The number of nitrogens with one attached hydrogen (secondary N) is 1. The van der Waals surface area contributed by atoms with Gasteiger partial charge in [-0.25, -0.2) is 0 Å². The van der Waals surface area contributed by atoms with Crippen molar-refractivity contribution in [1.29, 1.82) is 0 Å². The Kier molecular flexibility index (Phi) is 48.1. The number of allylic oxidation sites excluding steroid dienone is 5. The Morgan fingerprint density at radius 1 is 0.514 bits per heavy atom. The number of amides is 1. The van der Waals surface area contributed by atoms with E-state index in [4.69, 9.17) is 14.2 Å². The molecule has 7 atom stereocenters. The van der Waals surface area contributed by atoms with Crippen LogP contribution in [-0.2, 0) is 23.8 Å². The average molecular weight is 1020 g/mol. The lowest BCUT2D eigenvalue weighted by Gasteiger charge is -2.40. The van der Waals surface area contributed by atoms with E-state index in [9.17, 15) is 35.1 Å². The topological polar surface area (TPSA) is 175 Å². The first-order valence-electron chi connectivity index (χ1n) is 30.3. The van der Waals surface area contributed by atoms with E-state index < -0.39 is 49.5 Å². The Labute approximate surface area is 441 Å². The van der Waals surface area contributed by atoms with Gasteiger partial charge in [0.25, 0.3) is 0 Å². The second-order valence-corrected chi connectivity index (χ2v) is 21.1.